The lowest BCUT2D eigenvalue weighted by atomic mass is 10.5. The summed E-state index contributed by atoms with van der Waals surface area (Å²) in [5.74, 6) is -0.0102. The molecule has 0 aliphatic heterocycles. The molecule has 0 saturated heterocycles. The van der Waals surface area contributed by atoms with Crippen molar-refractivity contribution in [3.05, 3.63) is 31.0 Å². The molecular formula is C11H17N3O3S. The Morgan fingerprint density at radius 1 is 1.61 bits per heavy atom. The minimum absolute atomic E-state index is 0.00273. The number of aromatic nitrogens is 1. The van der Waals surface area contributed by atoms with E-state index >= 15 is 0 Å². The first-order chi connectivity index (χ1) is 8.54. The molecule has 0 spiro atoms. The molecule has 0 bridgehead atoms. The van der Waals surface area contributed by atoms with Crippen LogP contribution >= 0.6 is 0 Å². The van der Waals surface area contributed by atoms with E-state index in [9.17, 15) is 8.42 Å². The fourth-order valence-electron chi connectivity index (χ4n) is 1.41. The second-order valence-corrected chi connectivity index (χ2v) is 5.44. The molecule has 1 aromatic rings. The number of anilines is 1. The minimum Gasteiger partial charge on any atom is -0.383 e. The van der Waals surface area contributed by atoms with Gasteiger partial charge in [-0.05, 0) is 12.1 Å². The van der Waals surface area contributed by atoms with Crippen molar-refractivity contribution in [2.45, 2.75) is 4.90 Å². The molecule has 100 valence electrons. The monoisotopic (exact) mass is 271 g/mol. The normalized spacial score (nSPS) is 11.7. The summed E-state index contributed by atoms with van der Waals surface area (Å²) in [6.45, 7) is 4.27. The van der Waals surface area contributed by atoms with Crippen molar-refractivity contribution in [1.29, 1.82) is 0 Å². The van der Waals surface area contributed by atoms with Crippen LogP contribution in [-0.4, -0.2) is 44.5 Å². The quantitative estimate of drug-likeness (QED) is 0.729. The van der Waals surface area contributed by atoms with E-state index in [0.717, 1.165) is 0 Å². The van der Waals surface area contributed by atoms with Crippen molar-refractivity contribution >= 4 is 15.8 Å². The Kier molecular flexibility index (Phi) is 5.26. The number of nitrogens with zero attached hydrogens (tertiary/aromatic N) is 2. The smallest absolute Gasteiger partial charge is 0.247 e. The summed E-state index contributed by atoms with van der Waals surface area (Å²) < 4.78 is 30.8. The number of pyridine rings is 1. The Hall–Kier alpha value is -1.44. The Morgan fingerprint density at radius 3 is 2.89 bits per heavy atom. The van der Waals surface area contributed by atoms with E-state index < -0.39 is 10.0 Å². The van der Waals surface area contributed by atoms with E-state index in [2.05, 4.69) is 11.6 Å². The zero-order chi connectivity index (χ0) is 13.6. The third-order valence-corrected chi connectivity index (χ3v) is 4.21. The number of sulfonamides is 1. The number of methoxy groups -OCH3 is 1. The molecule has 0 aliphatic carbocycles. The molecule has 7 heteroatoms. The van der Waals surface area contributed by atoms with Gasteiger partial charge in [-0.1, -0.05) is 6.08 Å². The summed E-state index contributed by atoms with van der Waals surface area (Å²) in [7, 11) is -2.16. The molecule has 1 rings (SSSR count). The highest BCUT2D eigenvalue weighted by Gasteiger charge is 2.25. The standard InChI is InChI=1S/C11H17N3O3S/c1-3-7-14(8-9-17-2)18(15,16)10-5-4-6-13-11(10)12/h3-6H,1,7-9H2,2H3,(H2,12,13). The zero-order valence-electron chi connectivity index (χ0n) is 10.2. The van der Waals surface area contributed by atoms with Crippen LogP contribution in [0.15, 0.2) is 35.9 Å². The Morgan fingerprint density at radius 2 is 2.33 bits per heavy atom. The predicted octanol–water partition coefficient (Wildman–Crippen LogP) is 0.487. The van der Waals surface area contributed by atoms with Crippen LogP contribution in [-0.2, 0) is 14.8 Å². The van der Waals surface area contributed by atoms with Gasteiger partial charge in [-0.3, -0.25) is 0 Å². The van der Waals surface area contributed by atoms with Crippen molar-refractivity contribution in [2.24, 2.45) is 0 Å². The summed E-state index contributed by atoms with van der Waals surface area (Å²) in [4.78, 5) is 3.79. The Labute approximate surface area is 107 Å². The molecule has 18 heavy (non-hydrogen) atoms. The van der Waals surface area contributed by atoms with E-state index in [0.29, 0.717) is 6.61 Å². The maximum atomic E-state index is 12.4. The molecule has 0 fully saturated rings. The average molecular weight is 271 g/mol. The molecule has 1 heterocycles. The van der Waals surface area contributed by atoms with E-state index in [1.807, 2.05) is 0 Å². The van der Waals surface area contributed by atoms with Crippen LogP contribution in [0.25, 0.3) is 0 Å². The number of nitrogens with two attached hydrogens (primary N) is 1. The van der Waals surface area contributed by atoms with Gasteiger partial charge in [0.15, 0.2) is 0 Å². The van der Waals surface area contributed by atoms with E-state index in [1.165, 1.54) is 35.8 Å². The van der Waals surface area contributed by atoms with Gasteiger partial charge in [-0.2, -0.15) is 4.31 Å². The third-order valence-electron chi connectivity index (χ3n) is 2.30. The second kappa shape index (κ2) is 6.48. The molecule has 1 aromatic heterocycles. The van der Waals surface area contributed by atoms with Crippen molar-refractivity contribution < 1.29 is 13.2 Å². The molecule has 0 aliphatic rings. The fraction of sp³-hybridized carbons (Fsp3) is 0.364. The zero-order valence-corrected chi connectivity index (χ0v) is 11.1. The molecular weight excluding hydrogens is 254 g/mol. The van der Waals surface area contributed by atoms with Crippen molar-refractivity contribution in [3.8, 4) is 0 Å². The van der Waals surface area contributed by atoms with Crippen molar-refractivity contribution in [3.63, 3.8) is 0 Å². The van der Waals surface area contributed by atoms with Gasteiger partial charge in [0.2, 0.25) is 10.0 Å². The lowest BCUT2D eigenvalue weighted by Crippen LogP contribution is -2.34. The van der Waals surface area contributed by atoms with Gasteiger partial charge in [0.25, 0.3) is 0 Å². The van der Waals surface area contributed by atoms with Crippen LogP contribution < -0.4 is 5.73 Å². The molecule has 6 nitrogen and oxygen atoms in total. The predicted molar refractivity (Wildman–Crippen MR) is 69.5 cm³/mol. The topological polar surface area (TPSA) is 85.5 Å². The number of hydrogen-bond donors (Lipinski definition) is 1. The summed E-state index contributed by atoms with van der Waals surface area (Å²) in [6, 6.07) is 2.96. The first-order valence-electron chi connectivity index (χ1n) is 5.34. The second-order valence-electron chi connectivity index (χ2n) is 3.53. The highest BCUT2D eigenvalue weighted by molar-refractivity contribution is 7.89. The van der Waals surface area contributed by atoms with Crippen LogP contribution in [0, 0.1) is 0 Å². The lowest BCUT2D eigenvalue weighted by molar-refractivity contribution is 0.182. The summed E-state index contributed by atoms with van der Waals surface area (Å²) in [5, 5.41) is 0. The van der Waals surface area contributed by atoms with E-state index in [1.54, 1.807) is 0 Å². The van der Waals surface area contributed by atoms with E-state index in [-0.39, 0.29) is 23.8 Å². The van der Waals surface area contributed by atoms with Gasteiger partial charge in [0.1, 0.15) is 10.7 Å². The fourth-order valence-corrected chi connectivity index (χ4v) is 2.87. The first-order valence-corrected chi connectivity index (χ1v) is 6.78. The molecule has 0 radical (unpaired) electrons. The van der Waals surface area contributed by atoms with Crippen LogP contribution in [0.5, 0.6) is 0 Å². The molecule has 0 saturated carbocycles. The highest BCUT2D eigenvalue weighted by atomic mass is 32.2. The van der Waals surface area contributed by atoms with Gasteiger partial charge in [0.05, 0.1) is 6.61 Å². The molecule has 0 atom stereocenters. The van der Waals surface area contributed by atoms with Gasteiger partial charge in [0, 0.05) is 26.4 Å². The first kappa shape index (κ1) is 14.6. The maximum absolute atomic E-state index is 12.4. The summed E-state index contributed by atoms with van der Waals surface area (Å²) in [6.07, 6.45) is 2.96. The van der Waals surface area contributed by atoms with Gasteiger partial charge < -0.3 is 10.5 Å². The number of nitrogen functional groups attached to an aromatic ring is 1. The Balaban J connectivity index is 3.08. The number of hydrogen-bond acceptors (Lipinski definition) is 5. The van der Waals surface area contributed by atoms with Gasteiger partial charge in [-0.25, -0.2) is 13.4 Å². The lowest BCUT2D eigenvalue weighted by Gasteiger charge is -2.20. The molecule has 0 unspecified atom stereocenters. The molecule has 0 amide bonds. The summed E-state index contributed by atoms with van der Waals surface area (Å²) >= 11 is 0. The van der Waals surface area contributed by atoms with E-state index in [4.69, 9.17) is 10.5 Å². The molecule has 0 aromatic carbocycles. The minimum atomic E-state index is -3.67. The van der Waals surface area contributed by atoms with Gasteiger partial charge in [-0.15, -0.1) is 6.58 Å². The number of rotatable bonds is 7. The van der Waals surface area contributed by atoms with Crippen LogP contribution in [0.4, 0.5) is 5.82 Å². The van der Waals surface area contributed by atoms with Crippen molar-refractivity contribution in [2.75, 3.05) is 32.5 Å². The van der Waals surface area contributed by atoms with Crippen molar-refractivity contribution in [1.82, 2.24) is 9.29 Å². The summed E-state index contributed by atoms with van der Waals surface area (Å²) in [5.41, 5.74) is 5.60. The van der Waals surface area contributed by atoms with Crippen LogP contribution in [0.2, 0.25) is 0 Å². The highest BCUT2D eigenvalue weighted by Crippen LogP contribution is 2.19. The number of ether oxygens (including phenoxy) is 1. The van der Waals surface area contributed by atoms with Crippen LogP contribution in [0.1, 0.15) is 0 Å². The SMILES string of the molecule is C=CCN(CCOC)S(=O)(=O)c1cccnc1N. The molecule has 2 N–H and O–H groups in total. The van der Waals surface area contributed by atoms with Crippen LogP contribution in [0.3, 0.4) is 0 Å². The third kappa shape index (κ3) is 3.28. The Bertz CT molecular complexity index is 502. The largest absolute Gasteiger partial charge is 0.383 e. The maximum Gasteiger partial charge on any atom is 0.247 e. The average Bonchev–Trinajstić information content (AvgIpc) is 2.34. The van der Waals surface area contributed by atoms with Gasteiger partial charge >= 0.3 is 0 Å².